The van der Waals surface area contributed by atoms with Gasteiger partial charge in [-0.25, -0.2) is 18.2 Å². The van der Waals surface area contributed by atoms with Crippen LogP contribution < -0.4 is 11.1 Å². The van der Waals surface area contributed by atoms with Crippen LogP contribution in [0.3, 0.4) is 0 Å². The van der Waals surface area contributed by atoms with Gasteiger partial charge in [0.05, 0.1) is 35.2 Å². The molecule has 1 saturated heterocycles. The molecule has 1 saturated carbocycles. The first-order chi connectivity index (χ1) is 23.1. The Balaban J connectivity index is 1.21. The fraction of sp³-hybridized carbons (Fsp3) is 0.306. The summed E-state index contributed by atoms with van der Waals surface area (Å²) in [7, 11) is 3.98. The molecule has 0 spiro atoms. The Kier molecular flexibility index (Phi) is 8.52. The number of rotatable bonds is 11. The Morgan fingerprint density at radius 2 is 1.98 bits per heavy atom. The molecule has 0 atom stereocenters. The molecule has 5 heterocycles. The molecule has 5 aromatic rings. The minimum absolute atomic E-state index is 0.124. The number of nitrogens with two attached hydrogens (primary N) is 1. The average Bonchev–Trinajstić information content (AvgIpc) is 3.43. The van der Waals surface area contributed by atoms with Gasteiger partial charge < -0.3 is 20.9 Å². The maximum absolute atomic E-state index is 14.8. The lowest BCUT2D eigenvalue weighted by atomic mass is 10.0. The first-order valence-electron chi connectivity index (χ1n) is 16.1. The number of aromatic nitrogens is 5. The quantitative estimate of drug-likeness (QED) is 0.119. The summed E-state index contributed by atoms with van der Waals surface area (Å²) in [5.41, 5.74) is 15.4. The van der Waals surface area contributed by atoms with Crippen molar-refractivity contribution in [2.45, 2.75) is 25.2 Å². The highest BCUT2D eigenvalue weighted by Gasteiger charge is 2.38. The van der Waals surface area contributed by atoms with Crippen LogP contribution >= 0.6 is 0 Å². The van der Waals surface area contributed by atoms with E-state index in [1.54, 1.807) is 17.3 Å². The third-order valence-electron chi connectivity index (χ3n) is 8.70. The molecular formula is C36H38F3N9. The Labute approximate surface area is 276 Å². The molecule has 7 rings (SSSR count). The molecule has 2 fully saturated rings. The zero-order valence-electron chi connectivity index (χ0n) is 27.0. The second kappa shape index (κ2) is 12.9. The molecule has 9 nitrogen and oxygen atoms in total. The number of nitrogens with zero attached hydrogens (tertiary/aromatic N) is 5. The van der Waals surface area contributed by atoms with E-state index in [9.17, 15) is 13.2 Å². The summed E-state index contributed by atoms with van der Waals surface area (Å²) >= 11 is 0. The van der Waals surface area contributed by atoms with Crippen LogP contribution in [-0.4, -0.2) is 87.7 Å². The van der Waals surface area contributed by atoms with Crippen LogP contribution in [0.5, 0.6) is 0 Å². The number of hydrogen-bond donors (Lipinski definition) is 4. The van der Waals surface area contributed by atoms with Crippen molar-refractivity contribution in [2.24, 2.45) is 5.73 Å². The lowest BCUT2D eigenvalue weighted by molar-refractivity contribution is 0.0131. The van der Waals surface area contributed by atoms with E-state index in [0.29, 0.717) is 53.4 Å². The fourth-order valence-corrected chi connectivity index (χ4v) is 6.15. The topological polar surface area (TPSA) is 115 Å². The van der Waals surface area contributed by atoms with E-state index in [-0.39, 0.29) is 18.8 Å². The number of likely N-dealkylation sites (N-methyl/N-ethyl adjacent to an activating group) is 1. The highest BCUT2D eigenvalue weighted by molar-refractivity contribution is 6.00. The second-order valence-corrected chi connectivity index (χ2v) is 12.9. The number of allylic oxidation sites excluding steroid dienone is 3. The van der Waals surface area contributed by atoms with Gasteiger partial charge in [-0.15, -0.1) is 0 Å². The smallest absolute Gasteiger partial charge is 0.261 e. The van der Waals surface area contributed by atoms with Gasteiger partial charge >= 0.3 is 0 Å². The first kappa shape index (κ1) is 31.6. The molecule has 0 unspecified atom stereocenters. The molecule has 48 heavy (non-hydrogen) atoms. The van der Waals surface area contributed by atoms with Crippen molar-refractivity contribution >= 4 is 33.2 Å². The van der Waals surface area contributed by atoms with E-state index in [2.05, 4.69) is 36.5 Å². The van der Waals surface area contributed by atoms with Crippen molar-refractivity contribution in [3.8, 4) is 22.5 Å². The molecule has 2 aliphatic rings. The number of likely N-dealkylation sites (tertiary alicyclic amines) is 1. The maximum Gasteiger partial charge on any atom is 0.261 e. The number of anilines is 1. The van der Waals surface area contributed by atoms with E-state index < -0.39 is 5.92 Å². The van der Waals surface area contributed by atoms with E-state index in [0.717, 1.165) is 52.6 Å². The number of pyridine rings is 2. The Morgan fingerprint density at radius 1 is 1.12 bits per heavy atom. The van der Waals surface area contributed by atoms with E-state index in [1.165, 1.54) is 23.9 Å². The van der Waals surface area contributed by atoms with E-state index >= 15 is 0 Å². The van der Waals surface area contributed by atoms with Gasteiger partial charge in [-0.3, -0.25) is 15.0 Å². The lowest BCUT2D eigenvalue weighted by Crippen LogP contribution is -2.26. The number of halogens is 3. The number of alkyl halides is 2. The Morgan fingerprint density at radius 3 is 2.73 bits per heavy atom. The van der Waals surface area contributed by atoms with Crippen molar-refractivity contribution in [2.75, 3.05) is 52.1 Å². The zero-order chi connectivity index (χ0) is 33.4. The molecule has 0 radical (unpaired) electrons. The minimum Gasteiger partial charge on any atom is -0.404 e. The third kappa shape index (κ3) is 6.99. The second-order valence-electron chi connectivity index (χ2n) is 12.9. The molecule has 1 aromatic carbocycles. The standard InChI is InChI=1S/C36H38F3N9/c1-47(2)10-8-42-27-14-24(13-26(37)15-27)29-18-41-19-33-28(29)16-32(43-33)35-34-31(45-46-35)6-5-30(44-34)25(17-40)12-23(11-22-3-4-22)20-48-9-7-36(38,39)21-48/h5-6,11-19,42-43H,3-4,7-10,20-21,40H2,1-2H3,(H,45,46)/b23-12+,25-17+. The molecule has 248 valence electrons. The molecule has 12 heteroatoms. The predicted octanol–water partition coefficient (Wildman–Crippen LogP) is 6.57. The molecule has 0 amide bonds. The summed E-state index contributed by atoms with van der Waals surface area (Å²) in [6, 6.07) is 10.7. The van der Waals surface area contributed by atoms with E-state index in [4.69, 9.17) is 10.7 Å². The van der Waals surface area contributed by atoms with Gasteiger partial charge in [0.1, 0.15) is 17.0 Å². The minimum atomic E-state index is -2.66. The molecule has 1 aliphatic carbocycles. The van der Waals surface area contributed by atoms with Gasteiger partial charge in [-0.1, -0.05) is 11.6 Å². The number of nitrogens with one attached hydrogen (secondary N) is 3. The predicted molar refractivity (Wildman–Crippen MR) is 185 cm³/mol. The zero-order valence-corrected chi connectivity index (χ0v) is 27.0. The van der Waals surface area contributed by atoms with Crippen molar-refractivity contribution in [3.63, 3.8) is 0 Å². The van der Waals surface area contributed by atoms with Gasteiger partial charge in [0.2, 0.25) is 0 Å². The molecular weight excluding hydrogens is 615 g/mol. The van der Waals surface area contributed by atoms with Crippen LogP contribution in [0.4, 0.5) is 18.9 Å². The molecule has 0 bridgehead atoms. The van der Waals surface area contributed by atoms with Crippen LogP contribution in [0.25, 0.3) is 50.0 Å². The van der Waals surface area contributed by atoms with Crippen LogP contribution in [0.1, 0.15) is 25.0 Å². The fourth-order valence-electron chi connectivity index (χ4n) is 6.15. The van der Waals surface area contributed by atoms with Gasteiger partial charge in [-0.2, -0.15) is 5.10 Å². The number of benzene rings is 1. The Hall–Kier alpha value is -4.94. The summed E-state index contributed by atoms with van der Waals surface area (Å²) in [5, 5.41) is 11.8. The molecule has 1 aliphatic heterocycles. The summed E-state index contributed by atoms with van der Waals surface area (Å²) in [4.78, 5) is 16.7. The number of fused-ring (bicyclic) bond motifs is 2. The summed E-state index contributed by atoms with van der Waals surface area (Å²) in [5.74, 6) is -2.99. The average molecular weight is 654 g/mol. The molecule has 5 N–H and O–H groups in total. The highest BCUT2D eigenvalue weighted by atomic mass is 19.3. The third-order valence-corrected chi connectivity index (χ3v) is 8.70. The van der Waals surface area contributed by atoms with E-state index in [1.807, 2.05) is 44.4 Å². The summed E-state index contributed by atoms with van der Waals surface area (Å²) in [6.45, 7) is 2.03. The summed E-state index contributed by atoms with van der Waals surface area (Å²) < 4.78 is 42.6. The van der Waals surface area contributed by atoms with Crippen LogP contribution in [0.2, 0.25) is 0 Å². The van der Waals surface area contributed by atoms with Crippen molar-refractivity contribution in [1.82, 2.24) is 34.9 Å². The van der Waals surface area contributed by atoms with Gasteiger partial charge in [0, 0.05) is 67.2 Å². The summed E-state index contributed by atoms with van der Waals surface area (Å²) in [6.07, 6.45) is 10.9. The number of aromatic amines is 2. The van der Waals surface area contributed by atoms with Crippen LogP contribution in [0, 0.1) is 5.82 Å². The number of hydrogen-bond acceptors (Lipinski definition) is 7. The maximum atomic E-state index is 14.8. The largest absolute Gasteiger partial charge is 0.404 e. The SMILES string of the molecule is CN(C)CCNc1cc(F)cc(-c2cncc3[nH]c(-c4n[nH]c5ccc(C(/C=C(\C=C6CC6)CN6CCC(F)(F)C6)=C/N)nc45)cc23)c1. The van der Waals surface area contributed by atoms with Gasteiger partial charge in [0.15, 0.2) is 0 Å². The normalized spacial score (nSPS) is 16.8. The van der Waals surface area contributed by atoms with Crippen LogP contribution in [0.15, 0.2) is 78.3 Å². The van der Waals surface area contributed by atoms with Gasteiger partial charge in [-0.05, 0) is 80.5 Å². The highest BCUT2D eigenvalue weighted by Crippen LogP contribution is 2.36. The Bertz CT molecular complexity index is 2070. The van der Waals surface area contributed by atoms with Gasteiger partial charge in [0.25, 0.3) is 5.92 Å². The van der Waals surface area contributed by atoms with Crippen LogP contribution in [-0.2, 0) is 0 Å². The van der Waals surface area contributed by atoms with Crippen molar-refractivity contribution in [3.05, 3.63) is 89.8 Å². The number of H-pyrrole nitrogens is 2. The first-order valence-corrected chi connectivity index (χ1v) is 16.1. The van der Waals surface area contributed by atoms with Crippen molar-refractivity contribution in [1.29, 1.82) is 0 Å². The lowest BCUT2D eigenvalue weighted by Gasteiger charge is -2.16. The monoisotopic (exact) mass is 653 g/mol. The molecule has 4 aromatic heterocycles. The van der Waals surface area contributed by atoms with Crippen molar-refractivity contribution < 1.29 is 13.2 Å².